The van der Waals surface area contributed by atoms with E-state index in [1.807, 2.05) is 57.7 Å². The quantitative estimate of drug-likeness (QED) is 0.221. The van der Waals surface area contributed by atoms with E-state index in [4.69, 9.17) is 4.74 Å². The second kappa shape index (κ2) is 17.5. The minimum atomic E-state index is -0.308. The Morgan fingerprint density at radius 1 is 1.47 bits per heavy atom. The van der Waals surface area contributed by atoms with Gasteiger partial charge >= 0.3 is 6.02 Å². The van der Waals surface area contributed by atoms with Gasteiger partial charge in [0.25, 0.3) is 5.91 Å². The molecule has 0 bridgehead atoms. The van der Waals surface area contributed by atoms with Gasteiger partial charge in [0, 0.05) is 31.9 Å². The van der Waals surface area contributed by atoms with Crippen molar-refractivity contribution in [2.75, 3.05) is 48.6 Å². The van der Waals surface area contributed by atoms with Crippen molar-refractivity contribution in [1.82, 2.24) is 15.4 Å². The summed E-state index contributed by atoms with van der Waals surface area (Å²) in [5, 5.41) is 13.0. The number of thioether (sulfide) groups is 1. The van der Waals surface area contributed by atoms with Crippen LogP contribution in [0.4, 0.5) is 11.4 Å². The molecule has 1 aromatic heterocycles. The van der Waals surface area contributed by atoms with Crippen LogP contribution in [0.2, 0.25) is 0 Å². The van der Waals surface area contributed by atoms with Gasteiger partial charge in [-0.2, -0.15) is 5.10 Å². The average Bonchev–Trinajstić information content (AvgIpc) is 2.87. The number of pyridine rings is 1. The average molecular weight is 490 g/mol. The molecule has 0 radical (unpaired) electrons. The number of nitrogens with one attached hydrogen (secondary N) is 2. The standard InChI is InChI=1S/C22H33N7O2S.C2H6/c1-5-8-18(3)14-25-29(11-6-2)22(27-23-4)31-16-21(30)26-19-15-24-10-9-20(19)28-12-7-13-32-17-28;1-2/h5-6,8-10,14-15,18,23H,2,7,11-13,16-17H2,1,3-4H3,(H,26,30);1-2H3/b8-5-,25-14-,27-22-;. The van der Waals surface area contributed by atoms with Crippen molar-refractivity contribution in [2.24, 2.45) is 16.1 Å². The van der Waals surface area contributed by atoms with Crippen LogP contribution in [0, 0.1) is 5.92 Å². The van der Waals surface area contributed by atoms with E-state index in [0.717, 1.165) is 30.3 Å². The van der Waals surface area contributed by atoms with Crippen LogP contribution in [-0.2, 0) is 9.53 Å². The number of nitrogens with zero attached hydrogens (tertiary/aromatic N) is 5. The van der Waals surface area contributed by atoms with Crippen LogP contribution >= 0.6 is 11.8 Å². The normalized spacial score (nSPS) is 14.9. The molecule has 2 heterocycles. The molecule has 1 aliphatic heterocycles. The summed E-state index contributed by atoms with van der Waals surface area (Å²) in [4.78, 5) is 19.0. The molecule has 0 aromatic carbocycles. The summed E-state index contributed by atoms with van der Waals surface area (Å²) in [6.07, 6.45) is 11.9. The Morgan fingerprint density at radius 2 is 2.26 bits per heavy atom. The molecule has 1 fully saturated rings. The topological polar surface area (TPSA) is 94.4 Å². The summed E-state index contributed by atoms with van der Waals surface area (Å²) >= 11 is 1.88. The molecule has 1 aromatic rings. The van der Waals surface area contributed by atoms with Crippen LogP contribution in [0.1, 0.15) is 34.1 Å². The maximum absolute atomic E-state index is 12.6. The first-order valence-electron chi connectivity index (χ1n) is 11.6. The number of carbonyl (C=O) groups is 1. The Balaban J connectivity index is 0.00000281. The molecule has 1 aliphatic rings. The first-order chi connectivity index (χ1) is 16.6. The summed E-state index contributed by atoms with van der Waals surface area (Å²) in [5.74, 6) is 1.88. The molecule has 0 spiro atoms. The number of rotatable bonds is 10. The van der Waals surface area contributed by atoms with Crippen molar-refractivity contribution in [3.63, 3.8) is 0 Å². The van der Waals surface area contributed by atoms with Gasteiger partial charge in [-0.3, -0.25) is 9.78 Å². The van der Waals surface area contributed by atoms with Gasteiger partial charge in [0.05, 0.1) is 30.0 Å². The van der Waals surface area contributed by atoms with E-state index in [9.17, 15) is 4.79 Å². The molecule has 2 rings (SSSR count). The molecule has 0 aliphatic carbocycles. The summed E-state index contributed by atoms with van der Waals surface area (Å²) in [6.45, 7) is 12.8. The van der Waals surface area contributed by atoms with Crippen LogP contribution in [0.15, 0.2) is 53.5 Å². The zero-order chi connectivity index (χ0) is 25.2. The van der Waals surface area contributed by atoms with Crippen LogP contribution in [0.25, 0.3) is 0 Å². The molecule has 0 saturated carbocycles. The maximum Gasteiger partial charge on any atom is 0.330 e. The number of ether oxygens (including phenoxy) is 1. The molecule has 10 heteroatoms. The molecule has 1 unspecified atom stereocenters. The van der Waals surface area contributed by atoms with Crippen LogP contribution < -0.4 is 15.6 Å². The predicted octanol–water partition coefficient (Wildman–Crippen LogP) is 4.14. The third-order valence-corrected chi connectivity index (χ3v) is 5.45. The Hall–Kier alpha value is -3.01. The maximum atomic E-state index is 12.6. The summed E-state index contributed by atoms with van der Waals surface area (Å²) in [6, 6.07) is 2.09. The summed E-state index contributed by atoms with van der Waals surface area (Å²) < 4.78 is 5.69. The third kappa shape index (κ3) is 10.3. The minimum absolute atomic E-state index is 0.142. The van der Waals surface area contributed by atoms with Gasteiger partial charge in [-0.1, -0.05) is 39.0 Å². The minimum Gasteiger partial charge on any atom is -0.453 e. The Bertz CT molecular complexity index is 823. The van der Waals surface area contributed by atoms with E-state index in [1.54, 1.807) is 31.7 Å². The van der Waals surface area contributed by atoms with Gasteiger partial charge in [0.2, 0.25) is 0 Å². The zero-order valence-electron chi connectivity index (χ0n) is 21.0. The Labute approximate surface area is 208 Å². The number of allylic oxidation sites excluding steroid dienone is 2. The number of hydrogen-bond donors (Lipinski definition) is 2. The van der Waals surface area contributed by atoms with Gasteiger partial charge < -0.3 is 20.4 Å². The molecule has 1 atom stereocenters. The van der Waals surface area contributed by atoms with Gasteiger partial charge in [-0.05, 0) is 25.2 Å². The monoisotopic (exact) mass is 489 g/mol. The van der Waals surface area contributed by atoms with E-state index in [2.05, 4.69) is 37.4 Å². The highest BCUT2D eigenvalue weighted by Gasteiger charge is 2.18. The number of amidine groups is 1. The van der Waals surface area contributed by atoms with E-state index >= 15 is 0 Å². The number of aromatic nitrogens is 1. The van der Waals surface area contributed by atoms with E-state index in [0.29, 0.717) is 12.2 Å². The van der Waals surface area contributed by atoms with E-state index in [-0.39, 0.29) is 24.5 Å². The second-order valence-electron chi connectivity index (χ2n) is 7.02. The van der Waals surface area contributed by atoms with Crippen LogP contribution in [0.3, 0.4) is 0 Å². The fourth-order valence-corrected chi connectivity index (χ4v) is 3.91. The van der Waals surface area contributed by atoms with Crippen molar-refractivity contribution >= 4 is 41.3 Å². The Morgan fingerprint density at radius 3 is 2.91 bits per heavy atom. The number of carbonyl (C=O) groups excluding carboxylic acids is 1. The van der Waals surface area contributed by atoms with Crippen molar-refractivity contribution in [3.8, 4) is 0 Å². The lowest BCUT2D eigenvalue weighted by atomic mass is 10.2. The van der Waals surface area contributed by atoms with Gasteiger partial charge in [-0.15, -0.1) is 23.4 Å². The molecule has 34 heavy (non-hydrogen) atoms. The van der Waals surface area contributed by atoms with Crippen molar-refractivity contribution in [1.29, 1.82) is 0 Å². The SMILES string of the molecule is C=CCN(/N=C\C(C)/C=C\C)/C(=N/NC)OCC(=O)Nc1cnccc1N1CCCSC1.CC. The predicted molar refractivity (Wildman–Crippen MR) is 145 cm³/mol. The molecule has 1 saturated heterocycles. The number of hydrogen-bond acceptors (Lipinski definition) is 8. The highest BCUT2D eigenvalue weighted by molar-refractivity contribution is 7.99. The van der Waals surface area contributed by atoms with Gasteiger partial charge in [0.15, 0.2) is 6.61 Å². The molecular formula is C24H39N7O2S. The second-order valence-corrected chi connectivity index (χ2v) is 8.10. The highest BCUT2D eigenvalue weighted by Crippen LogP contribution is 2.28. The largest absolute Gasteiger partial charge is 0.453 e. The van der Waals surface area contributed by atoms with E-state index < -0.39 is 0 Å². The zero-order valence-corrected chi connectivity index (χ0v) is 21.8. The van der Waals surface area contributed by atoms with Crippen LogP contribution in [-0.4, -0.2) is 66.5 Å². The third-order valence-electron chi connectivity index (χ3n) is 4.38. The molecule has 188 valence electrons. The summed E-state index contributed by atoms with van der Waals surface area (Å²) in [7, 11) is 1.65. The first-order valence-corrected chi connectivity index (χ1v) is 12.7. The highest BCUT2D eigenvalue weighted by atomic mass is 32.2. The lowest BCUT2D eigenvalue weighted by Crippen LogP contribution is -2.33. The van der Waals surface area contributed by atoms with E-state index in [1.165, 1.54) is 5.01 Å². The Kier molecular flexibility index (Phi) is 14.9. The number of hydrazone groups is 2. The molecule has 9 nitrogen and oxygen atoms in total. The smallest absolute Gasteiger partial charge is 0.330 e. The van der Waals surface area contributed by atoms with Gasteiger partial charge in [0.1, 0.15) is 0 Å². The first kappa shape index (κ1) is 29.0. The summed E-state index contributed by atoms with van der Waals surface area (Å²) in [5.41, 5.74) is 4.32. The van der Waals surface area contributed by atoms with Crippen LogP contribution in [0.5, 0.6) is 0 Å². The lowest BCUT2D eigenvalue weighted by molar-refractivity contribution is -0.118. The molecular weight excluding hydrogens is 450 g/mol. The van der Waals surface area contributed by atoms with Crippen molar-refractivity contribution in [2.45, 2.75) is 34.1 Å². The molecule has 1 amide bonds. The number of anilines is 2. The fraction of sp³-hybridized carbons (Fsp3) is 0.500. The number of amides is 1. The lowest BCUT2D eigenvalue weighted by Gasteiger charge is -2.29. The van der Waals surface area contributed by atoms with Crippen molar-refractivity contribution < 1.29 is 9.53 Å². The van der Waals surface area contributed by atoms with Gasteiger partial charge in [-0.25, -0.2) is 5.01 Å². The fourth-order valence-electron chi connectivity index (χ4n) is 2.96. The molecule has 2 N–H and O–H groups in total. The van der Waals surface area contributed by atoms with Crippen molar-refractivity contribution in [3.05, 3.63) is 43.3 Å².